The maximum Gasteiger partial charge on any atom is 0.254 e. The van der Waals surface area contributed by atoms with E-state index < -0.39 is 0 Å². The lowest BCUT2D eigenvalue weighted by molar-refractivity contribution is 0.0732. The minimum Gasteiger partial charge on any atom is -0.497 e. The number of aryl methyl sites for hydroxylation is 1. The quantitative estimate of drug-likeness (QED) is 0.492. The zero-order chi connectivity index (χ0) is 25.1. The Bertz CT molecular complexity index is 1230. The average molecular weight is 490 g/mol. The summed E-state index contributed by atoms with van der Waals surface area (Å²) in [5, 5.41) is 0. The molecule has 1 fully saturated rings. The zero-order valence-electron chi connectivity index (χ0n) is 20.9. The first-order chi connectivity index (χ1) is 17.6. The molecule has 5 rings (SSSR count). The zero-order valence-corrected chi connectivity index (χ0v) is 20.9. The van der Waals surface area contributed by atoms with Crippen molar-refractivity contribution in [2.45, 2.75) is 26.0 Å². The van der Waals surface area contributed by atoms with E-state index in [1.807, 2.05) is 18.2 Å². The van der Waals surface area contributed by atoms with Gasteiger partial charge in [0, 0.05) is 30.2 Å². The van der Waals surface area contributed by atoms with Gasteiger partial charge in [-0.05, 0) is 47.9 Å². The Labute approximate surface area is 211 Å². The van der Waals surface area contributed by atoms with E-state index in [9.17, 15) is 4.79 Å². The number of amides is 1. The van der Waals surface area contributed by atoms with Crippen LogP contribution in [0.15, 0.2) is 54.6 Å². The molecule has 0 N–H and O–H groups in total. The van der Waals surface area contributed by atoms with Crippen LogP contribution in [0.3, 0.4) is 0 Å². The van der Waals surface area contributed by atoms with Gasteiger partial charge in [0.05, 0.1) is 34.0 Å². The molecule has 0 bridgehead atoms. The summed E-state index contributed by atoms with van der Waals surface area (Å²) in [6, 6.07) is 17.6. The summed E-state index contributed by atoms with van der Waals surface area (Å²) in [6.07, 6.45) is 0.820. The fraction of sp³-hybridized carbons (Fsp3) is 0.345. The van der Waals surface area contributed by atoms with Crippen LogP contribution in [0.5, 0.6) is 23.0 Å². The molecule has 3 aromatic carbocycles. The van der Waals surface area contributed by atoms with E-state index in [2.05, 4.69) is 25.1 Å². The van der Waals surface area contributed by atoms with Crippen molar-refractivity contribution in [3.05, 3.63) is 71.3 Å². The molecular weight excluding hydrogens is 458 g/mol. The van der Waals surface area contributed by atoms with Crippen LogP contribution in [0.2, 0.25) is 0 Å². The molecule has 1 amide bonds. The van der Waals surface area contributed by atoms with Crippen molar-refractivity contribution >= 4 is 5.91 Å². The second-order valence-corrected chi connectivity index (χ2v) is 9.06. The van der Waals surface area contributed by atoms with Gasteiger partial charge in [0.15, 0.2) is 11.5 Å². The Kier molecular flexibility index (Phi) is 7.00. The number of methoxy groups -OCH3 is 2. The number of rotatable bonds is 6. The summed E-state index contributed by atoms with van der Waals surface area (Å²) in [7, 11) is 3.14. The fourth-order valence-electron chi connectivity index (χ4n) is 4.70. The summed E-state index contributed by atoms with van der Waals surface area (Å²) in [4.78, 5) is 15.4. The van der Waals surface area contributed by atoms with Crippen LogP contribution in [0, 0.1) is 6.92 Å². The van der Waals surface area contributed by atoms with Gasteiger partial charge in [0.2, 0.25) is 0 Å². The predicted octanol–water partition coefficient (Wildman–Crippen LogP) is 4.88. The largest absolute Gasteiger partial charge is 0.497 e. The average Bonchev–Trinajstić information content (AvgIpc) is 3.32. The molecule has 0 unspecified atom stereocenters. The molecule has 2 heterocycles. The smallest absolute Gasteiger partial charge is 0.254 e. The van der Waals surface area contributed by atoms with Crippen molar-refractivity contribution in [2.75, 3.05) is 40.6 Å². The highest BCUT2D eigenvalue weighted by Crippen LogP contribution is 2.40. The van der Waals surface area contributed by atoms with Crippen molar-refractivity contribution in [2.24, 2.45) is 0 Å². The van der Waals surface area contributed by atoms with Crippen molar-refractivity contribution in [3.8, 4) is 34.1 Å². The molecule has 0 aromatic heterocycles. The molecule has 1 saturated heterocycles. The molecule has 0 saturated carbocycles. The third-order valence-corrected chi connectivity index (χ3v) is 6.62. The minimum atomic E-state index is -0.114. The van der Waals surface area contributed by atoms with Crippen LogP contribution in [-0.4, -0.2) is 57.5 Å². The molecule has 36 heavy (non-hydrogen) atoms. The van der Waals surface area contributed by atoms with Crippen LogP contribution in [0.25, 0.3) is 11.1 Å². The van der Waals surface area contributed by atoms with E-state index in [0.29, 0.717) is 61.5 Å². The maximum absolute atomic E-state index is 13.6. The molecule has 1 atom stereocenters. The van der Waals surface area contributed by atoms with E-state index in [0.717, 1.165) is 23.1 Å². The minimum absolute atomic E-state index is 0.0185. The van der Waals surface area contributed by atoms with Crippen LogP contribution in [0.4, 0.5) is 0 Å². The lowest BCUT2D eigenvalue weighted by Crippen LogP contribution is -2.32. The van der Waals surface area contributed by atoms with E-state index >= 15 is 0 Å². The van der Waals surface area contributed by atoms with Gasteiger partial charge in [0.25, 0.3) is 5.91 Å². The lowest BCUT2D eigenvalue weighted by atomic mass is 9.97. The number of benzene rings is 3. The first-order valence-electron chi connectivity index (χ1n) is 12.2. The first-order valence-corrected chi connectivity index (χ1v) is 12.2. The normalized spacial score (nSPS) is 17.1. The van der Waals surface area contributed by atoms with Gasteiger partial charge in [-0.1, -0.05) is 24.3 Å². The molecule has 3 aromatic rings. The highest BCUT2D eigenvalue weighted by atomic mass is 16.6. The van der Waals surface area contributed by atoms with E-state index in [4.69, 9.17) is 23.7 Å². The molecule has 0 radical (unpaired) electrons. The first kappa shape index (κ1) is 24.0. The molecule has 2 aliphatic heterocycles. The number of carbonyl (C=O) groups is 1. The van der Waals surface area contributed by atoms with Crippen LogP contribution >= 0.6 is 0 Å². The Morgan fingerprint density at radius 3 is 2.47 bits per heavy atom. The molecule has 7 heteroatoms. The monoisotopic (exact) mass is 489 g/mol. The van der Waals surface area contributed by atoms with Gasteiger partial charge in [-0.2, -0.15) is 0 Å². The summed E-state index contributed by atoms with van der Waals surface area (Å²) in [6.45, 7) is 4.54. The molecule has 0 spiro atoms. The SMILES string of the molecule is COc1cc(OC)cc(C(=O)N2CCOc3c(cc(-c4ccccc4C)cc3O[C@H]3CCOC3)C2)c1. The van der Waals surface area contributed by atoms with Gasteiger partial charge < -0.3 is 28.6 Å². The number of hydrogen-bond donors (Lipinski definition) is 0. The molecule has 0 aliphatic carbocycles. The number of hydrogen-bond acceptors (Lipinski definition) is 6. The number of carbonyl (C=O) groups excluding carboxylic acids is 1. The fourth-order valence-corrected chi connectivity index (χ4v) is 4.70. The van der Waals surface area contributed by atoms with Crippen molar-refractivity contribution < 1.29 is 28.5 Å². The lowest BCUT2D eigenvalue weighted by Gasteiger charge is -2.22. The van der Waals surface area contributed by atoms with Gasteiger partial charge in [-0.3, -0.25) is 4.79 Å². The van der Waals surface area contributed by atoms with Crippen LogP contribution in [-0.2, 0) is 11.3 Å². The molecule has 7 nitrogen and oxygen atoms in total. The highest BCUT2D eigenvalue weighted by molar-refractivity contribution is 5.95. The van der Waals surface area contributed by atoms with E-state index in [1.165, 1.54) is 5.56 Å². The molecular formula is C29H31NO6. The Morgan fingerprint density at radius 1 is 1.00 bits per heavy atom. The summed E-state index contributed by atoms with van der Waals surface area (Å²) in [5.74, 6) is 2.41. The summed E-state index contributed by atoms with van der Waals surface area (Å²) in [5.41, 5.74) is 4.72. The van der Waals surface area contributed by atoms with E-state index in [-0.39, 0.29) is 12.0 Å². The van der Waals surface area contributed by atoms with Crippen LogP contribution in [0.1, 0.15) is 27.9 Å². The van der Waals surface area contributed by atoms with Crippen LogP contribution < -0.4 is 18.9 Å². The Hall–Kier alpha value is -3.71. The highest BCUT2D eigenvalue weighted by Gasteiger charge is 2.27. The number of fused-ring (bicyclic) bond motifs is 1. The van der Waals surface area contributed by atoms with Crippen molar-refractivity contribution in [1.82, 2.24) is 4.90 Å². The standard InChI is InChI=1S/C29H31NO6/c1-19-6-4-5-7-26(19)20-12-22-17-30(29(31)21-13-24(32-2)16-25(14-21)33-3)9-11-35-28(22)27(15-20)36-23-8-10-34-18-23/h4-7,12-16,23H,8-11,17-18H2,1-3H3/t23-/m0/s1. The van der Waals surface area contributed by atoms with Gasteiger partial charge >= 0.3 is 0 Å². The summed E-state index contributed by atoms with van der Waals surface area (Å²) >= 11 is 0. The van der Waals surface area contributed by atoms with Crippen molar-refractivity contribution in [1.29, 1.82) is 0 Å². The third kappa shape index (κ3) is 4.97. The third-order valence-electron chi connectivity index (χ3n) is 6.62. The van der Waals surface area contributed by atoms with E-state index in [1.54, 1.807) is 37.3 Å². The van der Waals surface area contributed by atoms with Gasteiger partial charge in [0.1, 0.15) is 24.2 Å². The Balaban J connectivity index is 1.52. The summed E-state index contributed by atoms with van der Waals surface area (Å²) < 4.78 is 28.9. The molecule has 188 valence electrons. The molecule has 2 aliphatic rings. The topological polar surface area (TPSA) is 66.5 Å². The second kappa shape index (κ2) is 10.5. The van der Waals surface area contributed by atoms with Gasteiger partial charge in [-0.25, -0.2) is 0 Å². The predicted molar refractivity (Wildman–Crippen MR) is 136 cm³/mol. The van der Waals surface area contributed by atoms with Gasteiger partial charge in [-0.15, -0.1) is 0 Å². The number of ether oxygens (including phenoxy) is 5. The number of nitrogens with zero attached hydrogens (tertiary/aromatic N) is 1. The Morgan fingerprint density at radius 2 is 1.78 bits per heavy atom. The van der Waals surface area contributed by atoms with Crippen molar-refractivity contribution in [3.63, 3.8) is 0 Å². The second-order valence-electron chi connectivity index (χ2n) is 9.06. The maximum atomic E-state index is 13.6.